The van der Waals surface area contributed by atoms with Gasteiger partial charge in [-0.1, -0.05) is 51.9 Å². The highest BCUT2D eigenvalue weighted by molar-refractivity contribution is 5.95. The number of carbonyl (C=O) groups is 1. The zero-order chi connectivity index (χ0) is 23.2. The molecule has 8 nitrogen and oxygen atoms in total. The fourth-order valence-electron chi connectivity index (χ4n) is 3.11. The van der Waals surface area contributed by atoms with Crippen molar-refractivity contribution in [2.24, 2.45) is 5.10 Å². The summed E-state index contributed by atoms with van der Waals surface area (Å²) in [6.45, 7) is 2.87. The number of nitro benzene ring substituents is 1. The summed E-state index contributed by atoms with van der Waals surface area (Å²) in [4.78, 5) is 22.4. The Bertz CT molecular complexity index is 897. The Morgan fingerprint density at radius 2 is 1.72 bits per heavy atom. The molecule has 2 aromatic carbocycles. The molecule has 0 radical (unpaired) electrons. The summed E-state index contributed by atoms with van der Waals surface area (Å²) in [5, 5.41) is 24.3. The predicted molar refractivity (Wildman–Crippen MR) is 124 cm³/mol. The van der Waals surface area contributed by atoms with Crippen LogP contribution in [-0.2, 0) is 0 Å². The fourth-order valence-corrected chi connectivity index (χ4v) is 3.11. The zero-order valence-electron chi connectivity index (χ0n) is 18.5. The summed E-state index contributed by atoms with van der Waals surface area (Å²) < 4.78 is 5.72. The Kier molecular flexibility index (Phi) is 10.7. The first-order valence-electron chi connectivity index (χ1n) is 11.0. The molecule has 0 aliphatic carbocycles. The van der Waals surface area contributed by atoms with Crippen LogP contribution >= 0.6 is 0 Å². The van der Waals surface area contributed by atoms with Gasteiger partial charge in [-0.2, -0.15) is 5.10 Å². The number of hydrogen-bond acceptors (Lipinski definition) is 6. The van der Waals surface area contributed by atoms with Crippen molar-refractivity contribution < 1.29 is 19.6 Å². The van der Waals surface area contributed by atoms with Gasteiger partial charge in [0.15, 0.2) is 0 Å². The number of unbranched alkanes of at least 4 members (excludes halogenated alkanes) is 7. The molecule has 0 heterocycles. The van der Waals surface area contributed by atoms with Crippen LogP contribution in [-0.4, -0.2) is 28.8 Å². The SMILES string of the molecule is CCCCCCCCCCOc1ccc(C(=O)N/N=C/c2cc([N+](=O)[O-])ccc2O)cc1. The van der Waals surface area contributed by atoms with Crippen LogP contribution in [0.2, 0.25) is 0 Å². The van der Waals surface area contributed by atoms with Gasteiger partial charge in [0.2, 0.25) is 0 Å². The average Bonchev–Trinajstić information content (AvgIpc) is 2.79. The Hall–Kier alpha value is -3.42. The second-order valence-electron chi connectivity index (χ2n) is 7.55. The van der Waals surface area contributed by atoms with Crippen molar-refractivity contribution in [2.75, 3.05) is 6.61 Å². The van der Waals surface area contributed by atoms with Crippen LogP contribution in [0.1, 0.15) is 74.2 Å². The normalized spacial score (nSPS) is 10.9. The van der Waals surface area contributed by atoms with Gasteiger partial charge in [-0.3, -0.25) is 14.9 Å². The molecule has 0 atom stereocenters. The molecule has 8 heteroatoms. The molecule has 2 rings (SSSR count). The maximum Gasteiger partial charge on any atom is 0.271 e. The summed E-state index contributed by atoms with van der Waals surface area (Å²) >= 11 is 0. The number of aromatic hydroxyl groups is 1. The van der Waals surface area contributed by atoms with Crippen molar-refractivity contribution in [3.8, 4) is 11.5 Å². The second kappa shape index (κ2) is 13.8. The molecule has 0 bridgehead atoms. The van der Waals surface area contributed by atoms with Gasteiger partial charge in [-0.05, 0) is 36.8 Å². The zero-order valence-corrected chi connectivity index (χ0v) is 18.5. The molecule has 32 heavy (non-hydrogen) atoms. The topological polar surface area (TPSA) is 114 Å². The van der Waals surface area contributed by atoms with Crippen molar-refractivity contribution in [3.05, 3.63) is 63.7 Å². The lowest BCUT2D eigenvalue weighted by molar-refractivity contribution is -0.384. The highest BCUT2D eigenvalue weighted by Crippen LogP contribution is 2.21. The molecular formula is C24H31N3O5. The van der Waals surface area contributed by atoms with Gasteiger partial charge in [0, 0.05) is 23.3 Å². The minimum Gasteiger partial charge on any atom is -0.507 e. The Labute approximate surface area is 188 Å². The van der Waals surface area contributed by atoms with Crippen LogP contribution in [0.4, 0.5) is 5.69 Å². The first kappa shape index (κ1) is 24.8. The van der Waals surface area contributed by atoms with Gasteiger partial charge >= 0.3 is 0 Å². The molecular weight excluding hydrogens is 410 g/mol. The van der Waals surface area contributed by atoms with Crippen LogP contribution in [0.15, 0.2) is 47.6 Å². The number of amides is 1. The summed E-state index contributed by atoms with van der Waals surface area (Å²) in [6, 6.07) is 10.3. The molecule has 172 valence electrons. The maximum absolute atomic E-state index is 12.2. The number of nitrogens with zero attached hydrogens (tertiary/aromatic N) is 2. The lowest BCUT2D eigenvalue weighted by Crippen LogP contribution is -2.17. The quantitative estimate of drug-likeness (QED) is 0.172. The second-order valence-corrected chi connectivity index (χ2v) is 7.55. The number of non-ortho nitro benzene ring substituents is 1. The largest absolute Gasteiger partial charge is 0.507 e. The van der Waals surface area contributed by atoms with E-state index in [0.29, 0.717) is 17.9 Å². The minimum absolute atomic E-state index is 0.129. The number of rotatable bonds is 14. The van der Waals surface area contributed by atoms with Gasteiger partial charge in [-0.15, -0.1) is 0 Å². The maximum atomic E-state index is 12.2. The van der Waals surface area contributed by atoms with E-state index in [1.54, 1.807) is 24.3 Å². The first-order valence-corrected chi connectivity index (χ1v) is 11.0. The predicted octanol–water partition coefficient (Wildman–Crippen LogP) is 5.58. The highest BCUT2D eigenvalue weighted by atomic mass is 16.6. The number of phenolic OH excluding ortho intramolecular Hbond substituents is 1. The van der Waals surface area contributed by atoms with Crippen molar-refractivity contribution in [1.82, 2.24) is 5.43 Å². The van der Waals surface area contributed by atoms with E-state index < -0.39 is 10.8 Å². The minimum atomic E-state index is -0.576. The van der Waals surface area contributed by atoms with Crippen LogP contribution in [0.3, 0.4) is 0 Å². The Morgan fingerprint density at radius 1 is 1.06 bits per heavy atom. The lowest BCUT2D eigenvalue weighted by Gasteiger charge is -2.07. The number of benzene rings is 2. The number of hydrogen-bond donors (Lipinski definition) is 2. The van der Waals surface area contributed by atoms with Crippen LogP contribution in [0.25, 0.3) is 0 Å². The van der Waals surface area contributed by atoms with Crippen LogP contribution in [0.5, 0.6) is 11.5 Å². The van der Waals surface area contributed by atoms with Gasteiger partial charge in [0.25, 0.3) is 11.6 Å². The molecule has 0 saturated carbocycles. The molecule has 0 unspecified atom stereocenters. The van der Waals surface area contributed by atoms with E-state index in [2.05, 4.69) is 17.5 Å². The molecule has 0 spiro atoms. The van der Waals surface area contributed by atoms with E-state index >= 15 is 0 Å². The van der Waals surface area contributed by atoms with Gasteiger partial charge in [0.1, 0.15) is 11.5 Å². The van der Waals surface area contributed by atoms with Crippen molar-refractivity contribution >= 4 is 17.8 Å². The summed E-state index contributed by atoms with van der Waals surface area (Å²) in [5.41, 5.74) is 2.68. The summed E-state index contributed by atoms with van der Waals surface area (Å²) in [6.07, 6.45) is 11.1. The third-order valence-electron chi connectivity index (χ3n) is 4.97. The Morgan fingerprint density at radius 3 is 2.38 bits per heavy atom. The van der Waals surface area contributed by atoms with E-state index in [-0.39, 0.29) is 17.0 Å². The fraction of sp³-hybridized carbons (Fsp3) is 0.417. The molecule has 1 amide bonds. The van der Waals surface area contributed by atoms with Crippen molar-refractivity contribution in [2.45, 2.75) is 58.3 Å². The number of hydrazone groups is 1. The van der Waals surface area contributed by atoms with Gasteiger partial charge in [0.05, 0.1) is 17.7 Å². The van der Waals surface area contributed by atoms with E-state index in [4.69, 9.17) is 4.74 Å². The summed E-state index contributed by atoms with van der Waals surface area (Å²) in [7, 11) is 0. The molecule has 2 N–H and O–H groups in total. The lowest BCUT2D eigenvalue weighted by atomic mass is 10.1. The number of carbonyl (C=O) groups excluding carboxylic acids is 1. The monoisotopic (exact) mass is 441 g/mol. The summed E-state index contributed by atoms with van der Waals surface area (Å²) in [5.74, 6) is 0.0851. The van der Waals surface area contributed by atoms with Crippen molar-refractivity contribution in [3.63, 3.8) is 0 Å². The smallest absolute Gasteiger partial charge is 0.271 e. The number of ether oxygens (including phenoxy) is 1. The third kappa shape index (κ3) is 8.75. The van der Waals surface area contributed by atoms with Crippen LogP contribution in [0, 0.1) is 10.1 Å². The number of nitro groups is 1. The molecule has 2 aromatic rings. The van der Waals surface area contributed by atoms with Gasteiger partial charge in [-0.25, -0.2) is 5.43 Å². The molecule has 0 saturated heterocycles. The molecule has 0 aliphatic heterocycles. The Balaban J connectivity index is 1.72. The van der Waals surface area contributed by atoms with Crippen LogP contribution < -0.4 is 10.2 Å². The van der Waals surface area contributed by atoms with Gasteiger partial charge < -0.3 is 9.84 Å². The number of nitrogens with one attached hydrogen (secondary N) is 1. The molecule has 0 fully saturated rings. The standard InChI is InChI=1S/C24H31N3O5/c1-2-3-4-5-6-7-8-9-16-32-22-13-10-19(11-14-22)24(29)26-25-18-20-17-21(27(30)31)12-15-23(20)28/h10-15,17-18,28H,2-9,16H2,1H3,(H,26,29)/b25-18+. The first-order chi connectivity index (χ1) is 15.5. The number of phenols is 1. The van der Waals surface area contributed by atoms with Crippen molar-refractivity contribution in [1.29, 1.82) is 0 Å². The molecule has 0 aliphatic rings. The third-order valence-corrected chi connectivity index (χ3v) is 4.97. The highest BCUT2D eigenvalue weighted by Gasteiger charge is 2.09. The van der Waals surface area contributed by atoms with E-state index in [9.17, 15) is 20.0 Å². The van der Waals surface area contributed by atoms with E-state index in [1.165, 1.54) is 56.7 Å². The van der Waals surface area contributed by atoms with E-state index in [1.807, 2.05) is 0 Å². The van der Waals surface area contributed by atoms with E-state index in [0.717, 1.165) is 19.1 Å². The average molecular weight is 442 g/mol. The molecule has 0 aromatic heterocycles.